The molecule has 0 aliphatic carbocycles. The van der Waals surface area contributed by atoms with Gasteiger partial charge in [-0.05, 0) is 5.92 Å². The Bertz CT molecular complexity index is 182. The van der Waals surface area contributed by atoms with Crippen molar-refractivity contribution in [1.82, 2.24) is 4.90 Å². The van der Waals surface area contributed by atoms with Crippen LogP contribution in [-0.2, 0) is 4.79 Å². The van der Waals surface area contributed by atoms with Crippen molar-refractivity contribution >= 4 is 29.2 Å². The Labute approximate surface area is 101 Å². The molecule has 0 rings (SSSR count). The van der Waals surface area contributed by atoms with E-state index in [-0.39, 0.29) is 11.8 Å². The summed E-state index contributed by atoms with van der Waals surface area (Å²) in [5.74, 6) is 0.0223. The van der Waals surface area contributed by atoms with Crippen LogP contribution in [0, 0.1) is 11.8 Å². The van der Waals surface area contributed by atoms with E-state index in [1.54, 1.807) is 0 Å². The lowest BCUT2D eigenvalue weighted by Crippen LogP contribution is -2.38. The van der Waals surface area contributed by atoms with Crippen molar-refractivity contribution in [3.63, 3.8) is 0 Å². The van der Waals surface area contributed by atoms with Gasteiger partial charge in [-0.3, -0.25) is 4.79 Å². The molecule has 5 heteroatoms. The number of hydrogen-bond donors (Lipinski definition) is 1. The number of alkyl halides is 2. The molecule has 0 aromatic carbocycles. The zero-order valence-corrected chi connectivity index (χ0v) is 10.8. The fraction of sp³-hybridized carbons (Fsp3) is 0.900. The second-order valence-corrected chi connectivity index (χ2v) is 4.62. The molecule has 0 spiro atoms. The van der Waals surface area contributed by atoms with E-state index in [1.165, 1.54) is 0 Å². The van der Waals surface area contributed by atoms with Gasteiger partial charge in [-0.2, -0.15) is 0 Å². The molecule has 1 atom stereocenters. The minimum Gasteiger partial charge on any atom is -0.481 e. The number of carbonyl (C=O) groups is 1. The summed E-state index contributed by atoms with van der Waals surface area (Å²) in [6.45, 7) is 5.72. The van der Waals surface area contributed by atoms with Gasteiger partial charge in [0, 0.05) is 31.4 Å². The number of carboxylic acids is 1. The highest BCUT2D eigenvalue weighted by molar-refractivity contribution is 6.18. The zero-order valence-electron chi connectivity index (χ0n) is 9.25. The first kappa shape index (κ1) is 15.0. The van der Waals surface area contributed by atoms with Crippen LogP contribution in [0.15, 0.2) is 0 Å². The van der Waals surface area contributed by atoms with Gasteiger partial charge in [-0.1, -0.05) is 13.8 Å². The number of rotatable bonds is 8. The lowest BCUT2D eigenvalue weighted by molar-refractivity contribution is -0.144. The maximum Gasteiger partial charge on any atom is 0.308 e. The van der Waals surface area contributed by atoms with Crippen molar-refractivity contribution in [2.24, 2.45) is 11.8 Å². The maximum absolute atomic E-state index is 11.0. The largest absolute Gasteiger partial charge is 0.481 e. The molecule has 3 nitrogen and oxygen atoms in total. The molecule has 0 fully saturated rings. The quantitative estimate of drug-likeness (QED) is 0.676. The van der Waals surface area contributed by atoms with E-state index in [2.05, 4.69) is 0 Å². The highest BCUT2D eigenvalue weighted by atomic mass is 35.5. The van der Waals surface area contributed by atoms with E-state index in [0.29, 0.717) is 31.4 Å². The Kier molecular flexibility index (Phi) is 8.20. The standard InChI is InChI=1S/C10H19Cl2NO2/c1-8(2)9(10(14)15)7-13(5-3-11)6-4-12/h8-9H,3-7H2,1-2H3,(H,14,15)/t9-/m1/s1. The van der Waals surface area contributed by atoms with E-state index < -0.39 is 5.97 Å². The molecule has 0 aromatic heterocycles. The third kappa shape index (κ3) is 6.23. The fourth-order valence-electron chi connectivity index (χ4n) is 1.39. The van der Waals surface area contributed by atoms with Crippen LogP contribution in [0.4, 0.5) is 0 Å². The zero-order chi connectivity index (χ0) is 11.8. The average Bonchev–Trinajstić information content (AvgIpc) is 2.13. The van der Waals surface area contributed by atoms with Crippen LogP contribution >= 0.6 is 23.2 Å². The molecule has 15 heavy (non-hydrogen) atoms. The minimum absolute atomic E-state index is 0.121. The highest BCUT2D eigenvalue weighted by Gasteiger charge is 2.23. The van der Waals surface area contributed by atoms with Gasteiger partial charge in [0.05, 0.1) is 5.92 Å². The van der Waals surface area contributed by atoms with E-state index in [9.17, 15) is 4.79 Å². The molecule has 0 radical (unpaired) electrons. The average molecular weight is 256 g/mol. The second kappa shape index (κ2) is 8.20. The molecule has 0 unspecified atom stereocenters. The van der Waals surface area contributed by atoms with Gasteiger partial charge in [0.15, 0.2) is 0 Å². The van der Waals surface area contributed by atoms with Crippen LogP contribution in [-0.4, -0.2) is 47.4 Å². The molecule has 0 heterocycles. The Morgan fingerprint density at radius 1 is 1.27 bits per heavy atom. The van der Waals surface area contributed by atoms with Gasteiger partial charge < -0.3 is 10.0 Å². The summed E-state index contributed by atoms with van der Waals surface area (Å²) in [6.07, 6.45) is 0. The van der Waals surface area contributed by atoms with Crippen LogP contribution in [0.2, 0.25) is 0 Å². The van der Waals surface area contributed by atoms with Crippen molar-refractivity contribution in [3.8, 4) is 0 Å². The van der Waals surface area contributed by atoms with Crippen LogP contribution in [0.5, 0.6) is 0 Å². The van der Waals surface area contributed by atoms with Gasteiger partial charge >= 0.3 is 5.97 Å². The Morgan fingerprint density at radius 2 is 1.73 bits per heavy atom. The first-order valence-electron chi connectivity index (χ1n) is 5.10. The van der Waals surface area contributed by atoms with Crippen LogP contribution < -0.4 is 0 Å². The molecule has 0 saturated carbocycles. The van der Waals surface area contributed by atoms with Crippen molar-refractivity contribution in [2.45, 2.75) is 13.8 Å². The lowest BCUT2D eigenvalue weighted by atomic mass is 9.95. The minimum atomic E-state index is -0.751. The van der Waals surface area contributed by atoms with Gasteiger partial charge in [-0.25, -0.2) is 0 Å². The third-order valence-electron chi connectivity index (χ3n) is 2.38. The van der Waals surface area contributed by atoms with E-state index in [4.69, 9.17) is 28.3 Å². The third-order valence-corrected chi connectivity index (χ3v) is 2.72. The van der Waals surface area contributed by atoms with Crippen molar-refractivity contribution in [2.75, 3.05) is 31.4 Å². The molecular formula is C10H19Cl2NO2. The summed E-state index contributed by atoms with van der Waals surface area (Å²) in [7, 11) is 0. The molecule has 1 N–H and O–H groups in total. The smallest absolute Gasteiger partial charge is 0.308 e. The van der Waals surface area contributed by atoms with Crippen molar-refractivity contribution < 1.29 is 9.90 Å². The molecule has 90 valence electrons. The molecule has 0 aromatic rings. The predicted molar refractivity (Wildman–Crippen MR) is 63.8 cm³/mol. The van der Waals surface area contributed by atoms with Crippen molar-refractivity contribution in [3.05, 3.63) is 0 Å². The topological polar surface area (TPSA) is 40.5 Å². The summed E-state index contributed by atoms with van der Waals surface area (Å²) in [6, 6.07) is 0. The van der Waals surface area contributed by atoms with Gasteiger partial charge in [0.25, 0.3) is 0 Å². The fourth-order valence-corrected chi connectivity index (χ4v) is 1.86. The van der Waals surface area contributed by atoms with Gasteiger partial charge in [0.1, 0.15) is 0 Å². The Balaban J connectivity index is 4.25. The summed E-state index contributed by atoms with van der Waals surface area (Å²) in [5, 5.41) is 9.04. The molecule has 0 amide bonds. The van der Waals surface area contributed by atoms with E-state index in [1.807, 2.05) is 18.7 Å². The summed E-state index contributed by atoms with van der Waals surface area (Å²) >= 11 is 11.3. The molecular weight excluding hydrogens is 237 g/mol. The maximum atomic E-state index is 11.0. The second-order valence-electron chi connectivity index (χ2n) is 3.87. The van der Waals surface area contributed by atoms with Crippen LogP contribution in [0.1, 0.15) is 13.8 Å². The lowest BCUT2D eigenvalue weighted by Gasteiger charge is -2.25. The SMILES string of the molecule is CC(C)[C@@H](CN(CCCl)CCCl)C(=O)O. The first-order valence-corrected chi connectivity index (χ1v) is 6.16. The molecule has 0 bridgehead atoms. The summed E-state index contributed by atoms with van der Waals surface area (Å²) < 4.78 is 0. The Hall–Kier alpha value is 0.01000. The van der Waals surface area contributed by atoms with E-state index in [0.717, 1.165) is 0 Å². The van der Waals surface area contributed by atoms with Crippen LogP contribution in [0.3, 0.4) is 0 Å². The number of carboxylic acid groups (broad SMARTS) is 1. The molecule has 0 aliphatic rings. The van der Waals surface area contributed by atoms with Gasteiger partial charge in [-0.15, -0.1) is 23.2 Å². The van der Waals surface area contributed by atoms with Crippen molar-refractivity contribution in [1.29, 1.82) is 0 Å². The number of hydrogen-bond acceptors (Lipinski definition) is 2. The Morgan fingerprint density at radius 3 is 2.00 bits per heavy atom. The number of aliphatic carboxylic acids is 1. The predicted octanol–water partition coefficient (Wildman–Crippen LogP) is 2.12. The number of halogens is 2. The number of nitrogens with zero attached hydrogens (tertiary/aromatic N) is 1. The van der Waals surface area contributed by atoms with E-state index >= 15 is 0 Å². The monoisotopic (exact) mass is 255 g/mol. The van der Waals surface area contributed by atoms with Gasteiger partial charge in [0.2, 0.25) is 0 Å². The molecule has 0 aliphatic heterocycles. The normalized spacial score (nSPS) is 13.5. The summed E-state index contributed by atoms with van der Waals surface area (Å²) in [4.78, 5) is 13.0. The summed E-state index contributed by atoms with van der Waals surface area (Å²) in [5.41, 5.74) is 0. The highest BCUT2D eigenvalue weighted by Crippen LogP contribution is 2.13. The molecule has 0 saturated heterocycles. The first-order chi connectivity index (χ1) is 7.02. The van der Waals surface area contributed by atoms with Crippen LogP contribution in [0.25, 0.3) is 0 Å².